The average molecular weight is 304 g/mol. The number of hydrogen-bond acceptors (Lipinski definition) is 5. The van der Waals surface area contributed by atoms with Crippen LogP contribution in [0.25, 0.3) is 0 Å². The Balaban J connectivity index is 1.77. The van der Waals surface area contributed by atoms with E-state index in [-0.39, 0.29) is 5.91 Å². The summed E-state index contributed by atoms with van der Waals surface area (Å²) < 4.78 is 0. The summed E-state index contributed by atoms with van der Waals surface area (Å²) in [6.45, 7) is 4.40. The van der Waals surface area contributed by atoms with Gasteiger partial charge in [-0.05, 0) is 17.9 Å². The number of nitriles is 1. The van der Waals surface area contributed by atoms with E-state index in [1.165, 1.54) is 4.88 Å². The summed E-state index contributed by atoms with van der Waals surface area (Å²) in [5.74, 6) is 0.178. The van der Waals surface area contributed by atoms with Crippen LogP contribution in [0.5, 0.6) is 0 Å². The molecule has 0 saturated carbocycles. The molecule has 2 fully saturated rings. The van der Waals surface area contributed by atoms with Crippen LogP contribution in [0, 0.1) is 11.3 Å². The molecular weight excluding hydrogens is 284 g/mol. The van der Waals surface area contributed by atoms with E-state index in [0.717, 1.165) is 32.6 Å². The number of likely N-dealkylation sites (N-methyl/N-ethyl adjacent to an activating group) is 1. The summed E-state index contributed by atoms with van der Waals surface area (Å²) >= 11 is 1.75. The molecule has 21 heavy (non-hydrogen) atoms. The van der Waals surface area contributed by atoms with E-state index in [1.54, 1.807) is 11.3 Å². The monoisotopic (exact) mass is 304 g/mol. The Morgan fingerprint density at radius 1 is 1.43 bits per heavy atom. The quantitative estimate of drug-likeness (QED) is 0.782. The highest BCUT2D eigenvalue weighted by atomic mass is 32.1. The lowest BCUT2D eigenvalue weighted by Crippen LogP contribution is -2.66. The Morgan fingerprint density at radius 2 is 2.29 bits per heavy atom. The largest absolute Gasteiger partial charge is 0.343 e. The Kier molecular flexibility index (Phi) is 3.98. The van der Waals surface area contributed by atoms with E-state index in [1.807, 2.05) is 11.9 Å². The number of piperazine rings is 1. The highest BCUT2D eigenvalue weighted by Crippen LogP contribution is 2.33. The van der Waals surface area contributed by atoms with Crippen molar-refractivity contribution in [1.82, 2.24) is 14.7 Å². The van der Waals surface area contributed by atoms with Crippen LogP contribution in [0.3, 0.4) is 0 Å². The molecule has 0 aliphatic carbocycles. The van der Waals surface area contributed by atoms with E-state index in [2.05, 4.69) is 33.4 Å². The smallest absolute Gasteiger partial charge is 0.244 e. The van der Waals surface area contributed by atoms with Crippen LogP contribution in [0.2, 0.25) is 0 Å². The highest BCUT2D eigenvalue weighted by molar-refractivity contribution is 7.09. The molecular formula is C15H20N4OS. The molecule has 2 aliphatic rings. The minimum absolute atomic E-state index is 0.178. The van der Waals surface area contributed by atoms with Crippen molar-refractivity contribution in [3.05, 3.63) is 22.4 Å². The van der Waals surface area contributed by atoms with Crippen molar-refractivity contribution in [2.24, 2.45) is 0 Å². The number of amides is 1. The number of carbonyl (C=O) groups is 1. The van der Waals surface area contributed by atoms with Crippen LogP contribution in [-0.4, -0.2) is 65.9 Å². The Hall–Kier alpha value is -1.42. The van der Waals surface area contributed by atoms with Gasteiger partial charge in [0.25, 0.3) is 0 Å². The van der Waals surface area contributed by atoms with Crippen molar-refractivity contribution in [1.29, 1.82) is 5.26 Å². The number of hydrogen-bond donors (Lipinski definition) is 0. The maximum Gasteiger partial charge on any atom is 0.244 e. The summed E-state index contributed by atoms with van der Waals surface area (Å²) in [5, 5.41) is 11.1. The minimum Gasteiger partial charge on any atom is -0.343 e. The lowest BCUT2D eigenvalue weighted by Gasteiger charge is -2.45. The fourth-order valence-electron chi connectivity index (χ4n) is 3.45. The maximum atomic E-state index is 12.7. The molecule has 1 aromatic heterocycles. The van der Waals surface area contributed by atoms with Gasteiger partial charge in [-0.3, -0.25) is 14.6 Å². The van der Waals surface area contributed by atoms with Gasteiger partial charge in [-0.2, -0.15) is 5.26 Å². The van der Waals surface area contributed by atoms with Gasteiger partial charge in [-0.1, -0.05) is 6.07 Å². The summed E-state index contributed by atoms with van der Waals surface area (Å²) in [4.78, 5) is 20.3. The van der Waals surface area contributed by atoms with Crippen molar-refractivity contribution >= 4 is 17.2 Å². The molecule has 1 spiro atoms. The zero-order chi connectivity index (χ0) is 14.9. The lowest BCUT2D eigenvalue weighted by atomic mass is 9.91. The van der Waals surface area contributed by atoms with Crippen molar-refractivity contribution in [2.75, 3.05) is 39.8 Å². The Labute approximate surface area is 129 Å². The van der Waals surface area contributed by atoms with Gasteiger partial charge in [0, 0.05) is 44.6 Å². The first-order valence-electron chi connectivity index (χ1n) is 7.28. The third-order valence-electron chi connectivity index (χ3n) is 4.60. The summed E-state index contributed by atoms with van der Waals surface area (Å²) in [6, 6.07) is 6.42. The molecule has 0 radical (unpaired) electrons. The second-order valence-corrected chi connectivity index (χ2v) is 6.91. The van der Waals surface area contributed by atoms with E-state index in [9.17, 15) is 4.79 Å². The molecule has 1 aromatic rings. The molecule has 2 aliphatic heterocycles. The van der Waals surface area contributed by atoms with Crippen molar-refractivity contribution in [3.8, 4) is 6.07 Å². The fraction of sp³-hybridized carbons (Fsp3) is 0.600. The standard InChI is InChI=1S/C15H20N4OS/c1-17-8-9-19(7-5-16)15(14(17)20)4-6-18(12-15)11-13-3-2-10-21-13/h2-3,10H,4,6-9,11-12H2,1H3. The van der Waals surface area contributed by atoms with Gasteiger partial charge < -0.3 is 4.90 Å². The molecule has 112 valence electrons. The maximum absolute atomic E-state index is 12.7. The molecule has 1 unspecified atom stereocenters. The number of likely N-dealkylation sites (tertiary alicyclic amines) is 1. The number of carbonyl (C=O) groups excluding carboxylic acids is 1. The fourth-order valence-corrected chi connectivity index (χ4v) is 4.20. The SMILES string of the molecule is CN1CCN(CC#N)C2(CCN(Cc3cccs3)C2)C1=O. The Morgan fingerprint density at radius 3 is 3.00 bits per heavy atom. The van der Waals surface area contributed by atoms with Gasteiger partial charge >= 0.3 is 0 Å². The number of thiophene rings is 1. The first-order chi connectivity index (χ1) is 10.2. The van der Waals surface area contributed by atoms with E-state index in [0.29, 0.717) is 13.1 Å². The van der Waals surface area contributed by atoms with Gasteiger partial charge in [-0.15, -0.1) is 11.3 Å². The highest BCUT2D eigenvalue weighted by Gasteiger charge is 2.52. The molecule has 0 N–H and O–H groups in total. The second kappa shape index (κ2) is 5.76. The van der Waals surface area contributed by atoms with Crippen molar-refractivity contribution in [3.63, 3.8) is 0 Å². The van der Waals surface area contributed by atoms with E-state index in [4.69, 9.17) is 5.26 Å². The van der Waals surface area contributed by atoms with Crippen LogP contribution in [0.1, 0.15) is 11.3 Å². The van der Waals surface area contributed by atoms with Gasteiger partial charge in [-0.25, -0.2) is 0 Å². The van der Waals surface area contributed by atoms with Gasteiger partial charge in [0.1, 0.15) is 5.54 Å². The van der Waals surface area contributed by atoms with Gasteiger partial charge in [0.2, 0.25) is 5.91 Å². The van der Waals surface area contributed by atoms with Crippen molar-refractivity contribution in [2.45, 2.75) is 18.5 Å². The van der Waals surface area contributed by atoms with Crippen LogP contribution in [0.15, 0.2) is 17.5 Å². The first kappa shape index (κ1) is 14.5. The minimum atomic E-state index is -0.486. The average Bonchev–Trinajstić information content (AvgIpc) is 3.12. The van der Waals surface area contributed by atoms with Gasteiger partial charge in [0.05, 0.1) is 12.6 Å². The number of rotatable bonds is 3. The molecule has 0 bridgehead atoms. The van der Waals surface area contributed by atoms with Gasteiger partial charge in [0.15, 0.2) is 0 Å². The van der Waals surface area contributed by atoms with E-state index < -0.39 is 5.54 Å². The third kappa shape index (κ3) is 2.57. The molecule has 3 rings (SSSR count). The summed E-state index contributed by atoms with van der Waals surface area (Å²) in [7, 11) is 1.87. The van der Waals surface area contributed by atoms with Crippen LogP contribution in [-0.2, 0) is 11.3 Å². The Bertz CT molecular complexity index is 553. The normalized spacial score (nSPS) is 27.4. The van der Waals surface area contributed by atoms with Crippen LogP contribution < -0.4 is 0 Å². The summed E-state index contributed by atoms with van der Waals surface area (Å²) in [5.41, 5.74) is -0.486. The predicted octanol–water partition coefficient (Wildman–Crippen LogP) is 0.990. The van der Waals surface area contributed by atoms with Crippen LogP contribution in [0.4, 0.5) is 0 Å². The second-order valence-electron chi connectivity index (χ2n) is 5.88. The molecule has 0 aromatic carbocycles. The van der Waals surface area contributed by atoms with Crippen LogP contribution >= 0.6 is 11.3 Å². The molecule has 1 atom stereocenters. The molecule has 1 amide bonds. The zero-order valence-electron chi connectivity index (χ0n) is 12.3. The first-order valence-corrected chi connectivity index (χ1v) is 8.16. The molecule has 3 heterocycles. The molecule has 5 nitrogen and oxygen atoms in total. The molecule has 6 heteroatoms. The lowest BCUT2D eigenvalue weighted by molar-refractivity contribution is -0.148. The topological polar surface area (TPSA) is 50.6 Å². The molecule has 2 saturated heterocycles. The summed E-state index contributed by atoms with van der Waals surface area (Å²) in [6.07, 6.45) is 0.823. The third-order valence-corrected chi connectivity index (χ3v) is 5.46. The van der Waals surface area contributed by atoms with Crippen molar-refractivity contribution < 1.29 is 4.79 Å². The zero-order valence-corrected chi connectivity index (χ0v) is 13.1. The predicted molar refractivity (Wildman–Crippen MR) is 81.8 cm³/mol. The van der Waals surface area contributed by atoms with E-state index >= 15 is 0 Å². The number of nitrogens with zero attached hydrogens (tertiary/aromatic N) is 4.